The van der Waals surface area contributed by atoms with E-state index in [4.69, 9.17) is 0 Å². The van der Waals surface area contributed by atoms with Crippen LogP contribution >= 0.6 is 0 Å². The summed E-state index contributed by atoms with van der Waals surface area (Å²) in [4.78, 5) is 42.4. The van der Waals surface area contributed by atoms with Gasteiger partial charge in [-0.2, -0.15) is 5.10 Å². The fraction of sp³-hybridized carbons (Fsp3) is 0.217. The number of carbonyl (C=O) groups excluding carboxylic acids is 3. The van der Waals surface area contributed by atoms with Crippen molar-refractivity contribution in [3.63, 3.8) is 0 Å². The highest BCUT2D eigenvalue weighted by molar-refractivity contribution is 5.97. The number of methoxy groups -OCH3 is 1. The molecule has 8 nitrogen and oxygen atoms in total. The van der Waals surface area contributed by atoms with Crippen molar-refractivity contribution in [2.75, 3.05) is 13.7 Å². The zero-order valence-corrected chi connectivity index (χ0v) is 16.9. The number of amides is 2. The molecule has 31 heavy (non-hydrogen) atoms. The Balaban J connectivity index is 1.38. The summed E-state index contributed by atoms with van der Waals surface area (Å²) in [6, 6.07) is 14.1. The highest BCUT2D eigenvalue weighted by Crippen LogP contribution is 2.32. The molecule has 0 radical (unpaired) electrons. The summed E-state index contributed by atoms with van der Waals surface area (Å²) in [5.41, 5.74) is 4.22. The maximum Gasteiger partial charge on any atom is 0.337 e. The molecule has 2 aliphatic heterocycles. The van der Waals surface area contributed by atoms with Crippen LogP contribution in [0.25, 0.3) is 10.9 Å². The molecule has 2 amide bonds. The monoisotopic (exact) mass is 416 g/mol. The average molecular weight is 416 g/mol. The molecule has 1 fully saturated rings. The number of aromatic amines is 1. The molecule has 0 aliphatic carbocycles. The van der Waals surface area contributed by atoms with Gasteiger partial charge in [0.2, 0.25) is 5.91 Å². The second-order valence-electron chi connectivity index (χ2n) is 7.62. The second-order valence-corrected chi connectivity index (χ2v) is 7.62. The molecule has 0 bridgehead atoms. The number of nitrogens with zero attached hydrogens (tertiary/aromatic N) is 3. The maximum absolute atomic E-state index is 13.1. The van der Waals surface area contributed by atoms with Gasteiger partial charge in [0.1, 0.15) is 12.6 Å². The number of hydrogen-bond donors (Lipinski definition) is 1. The van der Waals surface area contributed by atoms with Crippen molar-refractivity contribution in [2.45, 2.75) is 19.0 Å². The quantitative estimate of drug-likeness (QED) is 0.522. The lowest BCUT2D eigenvalue weighted by Gasteiger charge is -2.40. The number of para-hydroxylation sites is 1. The van der Waals surface area contributed by atoms with E-state index in [1.807, 2.05) is 24.3 Å². The lowest BCUT2D eigenvalue weighted by Crippen LogP contribution is -2.60. The van der Waals surface area contributed by atoms with Gasteiger partial charge in [0.15, 0.2) is 0 Å². The van der Waals surface area contributed by atoms with Crippen LogP contribution in [-0.4, -0.2) is 58.6 Å². The van der Waals surface area contributed by atoms with E-state index in [0.717, 1.165) is 22.2 Å². The van der Waals surface area contributed by atoms with Crippen LogP contribution in [0.15, 0.2) is 53.6 Å². The predicted octanol–water partition coefficient (Wildman–Crippen LogP) is 2.08. The van der Waals surface area contributed by atoms with Gasteiger partial charge in [-0.1, -0.05) is 30.3 Å². The van der Waals surface area contributed by atoms with Crippen LogP contribution in [-0.2, 0) is 27.3 Å². The van der Waals surface area contributed by atoms with Crippen LogP contribution in [0.1, 0.15) is 27.2 Å². The fourth-order valence-electron chi connectivity index (χ4n) is 4.22. The van der Waals surface area contributed by atoms with E-state index >= 15 is 0 Å². The van der Waals surface area contributed by atoms with E-state index in [1.165, 1.54) is 18.3 Å². The van der Waals surface area contributed by atoms with Crippen molar-refractivity contribution in [2.24, 2.45) is 5.10 Å². The smallest absolute Gasteiger partial charge is 0.337 e. The molecule has 8 heteroatoms. The molecule has 156 valence electrons. The first-order valence-corrected chi connectivity index (χ1v) is 9.97. The molecule has 3 aromatic rings. The third-order valence-corrected chi connectivity index (χ3v) is 5.83. The van der Waals surface area contributed by atoms with Crippen molar-refractivity contribution in [3.8, 4) is 0 Å². The minimum atomic E-state index is -0.563. The summed E-state index contributed by atoms with van der Waals surface area (Å²) < 4.78 is 4.68. The number of carbonyl (C=O) groups is 3. The molecule has 1 saturated heterocycles. The number of H-pyrrole nitrogens is 1. The first-order valence-electron chi connectivity index (χ1n) is 9.97. The fourth-order valence-corrected chi connectivity index (χ4v) is 4.22. The van der Waals surface area contributed by atoms with E-state index in [2.05, 4.69) is 14.8 Å². The van der Waals surface area contributed by atoms with Crippen LogP contribution in [0.3, 0.4) is 0 Å². The van der Waals surface area contributed by atoms with Crippen LogP contribution in [0, 0.1) is 0 Å². The first-order chi connectivity index (χ1) is 15.0. The molecule has 1 atom stereocenters. The van der Waals surface area contributed by atoms with Crippen LogP contribution in [0.2, 0.25) is 0 Å². The number of rotatable bonds is 3. The minimum Gasteiger partial charge on any atom is -0.465 e. The van der Waals surface area contributed by atoms with Crippen LogP contribution in [0.5, 0.6) is 0 Å². The van der Waals surface area contributed by atoms with Gasteiger partial charge in [0, 0.05) is 23.0 Å². The van der Waals surface area contributed by atoms with E-state index in [9.17, 15) is 14.4 Å². The van der Waals surface area contributed by atoms with Gasteiger partial charge < -0.3 is 14.6 Å². The summed E-state index contributed by atoms with van der Waals surface area (Å²) in [6.07, 6.45) is 1.98. The molecule has 0 saturated carbocycles. The third-order valence-electron chi connectivity index (χ3n) is 5.83. The highest BCUT2D eigenvalue weighted by Gasteiger charge is 2.43. The van der Waals surface area contributed by atoms with Crippen molar-refractivity contribution >= 4 is 34.9 Å². The molecular formula is C23H20N4O4. The van der Waals surface area contributed by atoms with Gasteiger partial charge in [-0.15, -0.1) is 0 Å². The molecular weight excluding hydrogens is 396 g/mol. The standard InChI is InChI=1S/C23H20N4O4/c1-31-23(30)15-8-6-14(7-9-15)11-24-27-13-21(28)26-12-19-17(10-20(26)22(27)29)16-4-2-3-5-18(16)25-19/h2-9,11,20,25H,10,12-13H2,1H3/t20-/m0/s1. The van der Waals surface area contributed by atoms with E-state index in [-0.39, 0.29) is 18.4 Å². The lowest BCUT2D eigenvalue weighted by molar-refractivity contribution is -0.157. The normalized spacial score (nSPS) is 18.4. The number of nitrogens with one attached hydrogen (secondary N) is 1. The Morgan fingerprint density at radius 1 is 1.13 bits per heavy atom. The molecule has 3 heterocycles. The number of fused-ring (bicyclic) bond motifs is 4. The molecule has 2 aliphatic rings. The maximum atomic E-state index is 13.1. The molecule has 1 aromatic heterocycles. The van der Waals surface area contributed by atoms with E-state index in [0.29, 0.717) is 24.1 Å². The molecule has 2 aromatic carbocycles. The summed E-state index contributed by atoms with van der Waals surface area (Å²) in [7, 11) is 1.32. The zero-order valence-electron chi connectivity index (χ0n) is 16.9. The Kier molecular flexibility index (Phi) is 4.54. The van der Waals surface area contributed by atoms with Gasteiger partial charge in [0.05, 0.1) is 25.4 Å². The lowest BCUT2D eigenvalue weighted by atomic mass is 9.94. The van der Waals surface area contributed by atoms with Gasteiger partial charge in [0.25, 0.3) is 5.91 Å². The van der Waals surface area contributed by atoms with Crippen molar-refractivity contribution in [1.29, 1.82) is 0 Å². The molecule has 0 unspecified atom stereocenters. The van der Waals surface area contributed by atoms with Crippen LogP contribution in [0.4, 0.5) is 0 Å². The van der Waals surface area contributed by atoms with Crippen molar-refractivity contribution in [3.05, 3.63) is 70.9 Å². The number of aromatic nitrogens is 1. The molecule has 5 rings (SSSR count). The van der Waals surface area contributed by atoms with Gasteiger partial charge >= 0.3 is 5.97 Å². The zero-order chi connectivity index (χ0) is 21.5. The Morgan fingerprint density at radius 3 is 2.68 bits per heavy atom. The van der Waals surface area contributed by atoms with E-state index < -0.39 is 12.0 Å². The summed E-state index contributed by atoms with van der Waals surface area (Å²) in [5.74, 6) is -0.751. The van der Waals surface area contributed by atoms with Crippen LogP contribution < -0.4 is 0 Å². The molecule has 0 spiro atoms. The number of esters is 1. The number of ether oxygens (including phenoxy) is 1. The number of piperazine rings is 1. The Hall–Kier alpha value is -3.94. The Morgan fingerprint density at radius 2 is 1.90 bits per heavy atom. The second kappa shape index (κ2) is 7.39. The number of hydrogen-bond acceptors (Lipinski definition) is 5. The average Bonchev–Trinajstić information content (AvgIpc) is 3.17. The predicted molar refractivity (Wildman–Crippen MR) is 113 cm³/mol. The van der Waals surface area contributed by atoms with Gasteiger partial charge in [-0.25, -0.2) is 9.80 Å². The van der Waals surface area contributed by atoms with Crippen molar-refractivity contribution < 1.29 is 19.1 Å². The Labute approximate surface area is 178 Å². The largest absolute Gasteiger partial charge is 0.465 e. The topological polar surface area (TPSA) is 95.1 Å². The van der Waals surface area contributed by atoms with Crippen molar-refractivity contribution in [1.82, 2.24) is 14.9 Å². The van der Waals surface area contributed by atoms with Gasteiger partial charge in [-0.3, -0.25) is 9.59 Å². The number of benzene rings is 2. The van der Waals surface area contributed by atoms with Gasteiger partial charge in [-0.05, 0) is 29.3 Å². The Bertz CT molecular complexity index is 1230. The summed E-state index contributed by atoms with van der Waals surface area (Å²) in [6.45, 7) is 0.299. The number of hydrazone groups is 1. The third kappa shape index (κ3) is 3.26. The minimum absolute atomic E-state index is 0.0956. The van der Waals surface area contributed by atoms with E-state index in [1.54, 1.807) is 29.2 Å². The summed E-state index contributed by atoms with van der Waals surface area (Å²) >= 11 is 0. The first kappa shape index (κ1) is 19.0. The SMILES string of the molecule is COC(=O)c1ccc(C=NN2CC(=O)N3Cc4[nH]c5ccccc5c4C[C@H]3C2=O)cc1. The molecule has 1 N–H and O–H groups in total. The summed E-state index contributed by atoms with van der Waals surface area (Å²) in [5, 5.41) is 6.58. The highest BCUT2D eigenvalue weighted by atomic mass is 16.5.